The molecule has 0 heterocycles. The van der Waals surface area contributed by atoms with Gasteiger partial charge in [-0.15, -0.1) is 0 Å². The Morgan fingerprint density at radius 3 is 2.32 bits per heavy atom. The summed E-state index contributed by atoms with van der Waals surface area (Å²) >= 11 is 0. The van der Waals surface area contributed by atoms with Crippen molar-refractivity contribution in [3.05, 3.63) is 89.7 Å². The third-order valence-electron chi connectivity index (χ3n) is 3.96. The van der Waals surface area contributed by atoms with Crippen molar-refractivity contribution in [2.24, 2.45) is 0 Å². The third-order valence-corrected chi connectivity index (χ3v) is 5.08. The average Bonchev–Trinajstić information content (AvgIpc) is 2.67. The van der Waals surface area contributed by atoms with Gasteiger partial charge in [0.15, 0.2) is 9.84 Å². The second-order valence-corrected chi connectivity index (χ2v) is 8.21. The zero-order valence-corrected chi connectivity index (χ0v) is 15.9. The van der Waals surface area contributed by atoms with Gasteiger partial charge in [-0.3, -0.25) is 4.79 Å². The van der Waals surface area contributed by atoms with Gasteiger partial charge in [-0.25, -0.2) is 12.8 Å². The fourth-order valence-electron chi connectivity index (χ4n) is 2.47. The molecule has 7 heteroatoms. The molecule has 0 fully saturated rings. The van der Waals surface area contributed by atoms with Crippen molar-refractivity contribution in [3.63, 3.8) is 0 Å². The summed E-state index contributed by atoms with van der Waals surface area (Å²) in [6, 6.07) is 18.6. The molecular formula is C21H18FNO4S. The molecule has 0 saturated carbocycles. The Kier molecular flexibility index (Phi) is 5.75. The van der Waals surface area contributed by atoms with Crippen LogP contribution in [-0.4, -0.2) is 20.6 Å². The van der Waals surface area contributed by atoms with Crippen LogP contribution in [0.25, 0.3) is 0 Å². The number of carbonyl (C=O) groups excluding carboxylic acids is 1. The number of amides is 1. The van der Waals surface area contributed by atoms with Crippen LogP contribution in [0.3, 0.4) is 0 Å². The Labute approximate surface area is 162 Å². The number of hydrogen-bond acceptors (Lipinski definition) is 4. The van der Waals surface area contributed by atoms with E-state index in [1.165, 1.54) is 36.4 Å². The maximum absolute atomic E-state index is 12.9. The van der Waals surface area contributed by atoms with E-state index in [4.69, 9.17) is 4.74 Å². The molecule has 5 nitrogen and oxygen atoms in total. The number of sulfone groups is 1. The quantitative estimate of drug-likeness (QED) is 0.678. The molecule has 1 N–H and O–H groups in total. The Balaban J connectivity index is 1.65. The maximum Gasteiger partial charge on any atom is 0.255 e. The number of anilines is 1. The lowest BCUT2D eigenvalue weighted by molar-refractivity contribution is 0.102. The fraction of sp³-hybridized carbons (Fsp3) is 0.0952. The van der Waals surface area contributed by atoms with Crippen LogP contribution < -0.4 is 10.1 Å². The van der Waals surface area contributed by atoms with Crippen LogP contribution in [0.5, 0.6) is 5.75 Å². The van der Waals surface area contributed by atoms with Crippen LogP contribution in [0.4, 0.5) is 10.1 Å². The molecule has 3 aromatic rings. The lowest BCUT2D eigenvalue weighted by Gasteiger charge is -2.10. The van der Waals surface area contributed by atoms with E-state index < -0.39 is 9.84 Å². The zero-order valence-electron chi connectivity index (χ0n) is 15.1. The molecule has 28 heavy (non-hydrogen) atoms. The number of halogens is 1. The van der Waals surface area contributed by atoms with Crippen molar-refractivity contribution in [3.8, 4) is 5.75 Å². The van der Waals surface area contributed by atoms with Gasteiger partial charge in [-0.1, -0.05) is 18.2 Å². The molecule has 0 radical (unpaired) electrons. The van der Waals surface area contributed by atoms with Gasteiger partial charge in [0, 0.05) is 23.6 Å². The Morgan fingerprint density at radius 2 is 1.68 bits per heavy atom. The summed E-state index contributed by atoms with van der Waals surface area (Å²) in [5.74, 6) is -0.122. The van der Waals surface area contributed by atoms with Crippen LogP contribution in [0, 0.1) is 5.82 Å². The second-order valence-electron chi connectivity index (χ2n) is 6.19. The molecule has 0 aliphatic rings. The van der Waals surface area contributed by atoms with E-state index in [1.54, 1.807) is 36.4 Å². The first-order valence-electron chi connectivity index (χ1n) is 8.40. The van der Waals surface area contributed by atoms with E-state index in [9.17, 15) is 17.6 Å². The normalized spacial score (nSPS) is 11.1. The predicted octanol–water partition coefficient (Wildman–Crippen LogP) is 4.06. The monoisotopic (exact) mass is 399 g/mol. The molecule has 0 unspecified atom stereocenters. The number of rotatable bonds is 6. The predicted molar refractivity (Wildman–Crippen MR) is 105 cm³/mol. The SMILES string of the molecule is CS(=O)(=O)c1ccc(C(=O)Nc2cccc(OCc3ccc(F)cc3)c2)cc1. The summed E-state index contributed by atoms with van der Waals surface area (Å²) in [4.78, 5) is 12.5. The van der Waals surface area contributed by atoms with Gasteiger partial charge >= 0.3 is 0 Å². The molecule has 0 bridgehead atoms. The van der Waals surface area contributed by atoms with Crippen molar-refractivity contribution in [1.29, 1.82) is 0 Å². The summed E-state index contributed by atoms with van der Waals surface area (Å²) in [5, 5.41) is 2.74. The minimum atomic E-state index is -3.31. The van der Waals surface area contributed by atoms with Gasteiger partial charge in [0.25, 0.3) is 5.91 Å². The van der Waals surface area contributed by atoms with Crippen LogP contribution in [0.15, 0.2) is 77.7 Å². The summed E-state index contributed by atoms with van der Waals surface area (Å²) in [5.41, 5.74) is 1.70. The Morgan fingerprint density at radius 1 is 1.00 bits per heavy atom. The van der Waals surface area contributed by atoms with E-state index in [2.05, 4.69) is 5.32 Å². The number of hydrogen-bond donors (Lipinski definition) is 1. The van der Waals surface area contributed by atoms with Crippen molar-refractivity contribution in [1.82, 2.24) is 0 Å². The molecule has 0 spiro atoms. The van der Waals surface area contributed by atoms with Gasteiger partial charge in [-0.05, 0) is 54.1 Å². The molecule has 0 atom stereocenters. The first-order valence-corrected chi connectivity index (χ1v) is 10.3. The molecule has 0 aromatic heterocycles. The molecule has 1 amide bonds. The number of benzene rings is 3. The highest BCUT2D eigenvalue weighted by Crippen LogP contribution is 2.20. The van der Waals surface area contributed by atoms with Crippen molar-refractivity contribution < 1.29 is 22.3 Å². The van der Waals surface area contributed by atoms with E-state index >= 15 is 0 Å². The molecule has 0 aliphatic heterocycles. The lowest BCUT2D eigenvalue weighted by Crippen LogP contribution is -2.12. The minimum absolute atomic E-state index is 0.153. The summed E-state index contributed by atoms with van der Waals surface area (Å²) in [6.45, 7) is 0.268. The van der Waals surface area contributed by atoms with E-state index in [0.29, 0.717) is 17.0 Å². The van der Waals surface area contributed by atoms with Crippen LogP contribution in [0.1, 0.15) is 15.9 Å². The molecule has 0 aliphatic carbocycles. The molecular weight excluding hydrogens is 381 g/mol. The van der Waals surface area contributed by atoms with Gasteiger partial charge in [0.1, 0.15) is 18.2 Å². The van der Waals surface area contributed by atoms with E-state index in [-0.39, 0.29) is 23.2 Å². The first kappa shape index (κ1) is 19.6. The highest BCUT2D eigenvalue weighted by Gasteiger charge is 2.10. The number of nitrogens with one attached hydrogen (secondary N) is 1. The lowest BCUT2D eigenvalue weighted by atomic mass is 10.2. The first-order chi connectivity index (χ1) is 13.3. The number of carbonyl (C=O) groups is 1. The van der Waals surface area contributed by atoms with Crippen LogP contribution >= 0.6 is 0 Å². The third kappa shape index (κ3) is 5.17. The average molecular weight is 399 g/mol. The highest BCUT2D eigenvalue weighted by molar-refractivity contribution is 7.90. The van der Waals surface area contributed by atoms with Gasteiger partial charge < -0.3 is 10.1 Å². The molecule has 3 rings (SSSR count). The van der Waals surface area contributed by atoms with Gasteiger partial charge in [0.2, 0.25) is 0 Å². The Hall–Kier alpha value is -3.19. The van der Waals surface area contributed by atoms with Crippen molar-refractivity contribution >= 4 is 21.4 Å². The summed E-state index contributed by atoms with van der Waals surface area (Å²) in [7, 11) is -3.31. The largest absolute Gasteiger partial charge is 0.489 e. The summed E-state index contributed by atoms with van der Waals surface area (Å²) < 4.78 is 41.6. The van der Waals surface area contributed by atoms with Gasteiger partial charge in [0.05, 0.1) is 4.90 Å². The molecule has 0 saturated heterocycles. The zero-order chi connectivity index (χ0) is 20.1. The Bertz CT molecular complexity index is 1080. The highest BCUT2D eigenvalue weighted by atomic mass is 32.2. The van der Waals surface area contributed by atoms with Crippen molar-refractivity contribution in [2.45, 2.75) is 11.5 Å². The van der Waals surface area contributed by atoms with Gasteiger partial charge in [-0.2, -0.15) is 0 Å². The minimum Gasteiger partial charge on any atom is -0.489 e. The van der Waals surface area contributed by atoms with Crippen LogP contribution in [-0.2, 0) is 16.4 Å². The number of ether oxygens (including phenoxy) is 1. The molecule has 3 aromatic carbocycles. The van der Waals surface area contributed by atoms with Crippen LogP contribution in [0.2, 0.25) is 0 Å². The van der Waals surface area contributed by atoms with Crippen molar-refractivity contribution in [2.75, 3.05) is 11.6 Å². The second kappa shape index (κ2) is 8.22. The summed E-state index contributed by atoms with van der Waals surface area (Å²) in [6.07, 6.45) is 1.11. The van der Waals surface area contributed by atoms with E-state index in [0.717, 1.165) is 11.8 Å². The smallest absolute Gasteiger partial charge is 0.255 e. The topological polar surface area (TPSA) is 72.5 Å². The standard InChI is InChI=1S/C21H18FNO4S/c1-28(25,26)20-11-7-16(8-12-20)21(24)23-18-3-2-4-19(13-18)27-14-15-5-9-17(22)10-6-15/h2-13H,14H2,1H3,(H,23,24). The fourth-order valence-corrected chi connectivity index (χ4v) is 3.10. The maximum atomic E-state index is 12.9. The van der Waals surface area contributed by atoms with E-state index in [1.807, 2.05) is 0 Å². The molecule has 144 valence electrons.